The van der Waals surface area contributed by atoms with Crippen LogP contribution in [0.5, 0.6) is 11.5 Å². The molecule has 2 aromatic rings. The number of amides is 2. The Morgan fingerprint density at radius 2 is 1.14 bits per heavy atom. The molecule has 1 atom stereocenters. The van der Waals surface area contributed by atoms with E-state index in [0.29, 0.717) is 30.9 Å². The van der Waals surface area contributed by atoms with E-state index in [0.717, 1.165) is 24.3 Å². The summed E-state index contributed by atoms with van der Waals surface area (Å²) in [6, 6.07) is 14.1. The number of carbonyl (C=O) groups excluding carboxylic acids is 2. The smallest absolute Gasteiger partial charge is 0.251 e. The molecule has 0 heterocycles. The van der Waals surface area contributed by atoms with Gasteiger partial charge >= 0.3 is 0 Å². The number of benzene rings is 2. The first-order chi connectivity index (χ1) is 17.0. The molecule has 6 nitrogen and oxygen atoms in total. The molecule has 1 unspecified atom stereocenters. The highest BCUT2D eigenvalue weighted by atomic mass is 16.5. The molecule has 2 aromatic carbocycles. The van der Waals surface area contributed by atoms with Crippen LogP contribution in [0, 0.1) is 0 Å². The average Bonchev–Trinajstić information content (AvgIpc) is 2.87. The van der Waals surface area contributed by atoms with Gasteiger partial charge < -0.3 is 20.1 Å². The largest absolute Gasteiger partial charge is 0.494 e. The Balaban J connectivity index is 1.69. The molecule has 0 spiro atoms. The number of nitrogens with one attached hydrogen (secondary N) is 2. The van der Waals surface area contributed by atoms with Gasteiger partial charge in [0, 0.05) is 23.7 Å². The van der Waals surface area contributed by atoms with Gasteiger partial charge in [-0.3, -0.25) is 9.59 Å². The summed E-state index contributed by atoms with van der Waals surface area (Å²) in [7, 11) is 0. The van der Waals surface area contributed by atoms with Crippen LogP contribution < -0.4 is 20.1 Å². The topological polar surface area (TPSA) is 76.7 Å². The molecule has 0 saturated heterocycles. The van der Waals surface area contributed by atoms with Crippen LogP contribution in [0.1, 0.15) is 92.9 Å². The van der Waals surface area contributed by atoms with Gasteiger partial charge in [0.05, 0.1) is 13.2 Å². The zero-order valence-corrected chi connectivity index (χ0v) is 21.6. The highest BCUT2D eigenvalue weighted by Crippen LogP contribution is 2.14. The molecule has 192 valence electrons. The minimum atomic E-state index is -0.216. The van der Waals surface area contributed by atoms with Crippen molar-refractivity contribution in [2.24, 2.45) is 0 Å². The zero-order valence-electron chi connectivity index (χ0n) is 21.6. The number of ether oxygens (including phenoxy) is 2. The summed E-state index contributed by atoms with van der Waals surface area (Å²) in [6.07, 6.45) is 9.27. The highest BCUT2D eigenvalue weighted by molar-refractivity contribution is 5.95. The van der Waals surface area contributed by atoms with Crippen molar-refractivity contribution in [1.29, 1.82) is 0 Å². The number of hydrogen-bond donors (Lipinski definition) is 2. The lowest BCUT2D eigenvalue weighted by atomic mass is 10.1. The Bertz CT molecular complexity index is 865. The van der Waals surface area contributed by atoms with E-state index in [-0.39, 0.29) is 17.9 Å². The van der Waals surface area contributed by atoms with Crippen LogP contribution in [-0.4, -0.2) is 37.6 Å². The predicted octanol–water partition coefficient (Wildman–Crippen LogP) is 6.15. The third-order valence-corrected chi connectivity index (χ3v) is 5.71. The van der Waals surface area contributed by atoms with Crippen LogP contribution in [-0.2, 0) is 0 Å². The third kappa shape index (κ3) is 11.3. The summed E-state index contributed by atoms with van der Waals surface area (Å²) in [6.45, 7) is 7.95. The van der Waals surface area contributed by atoms with Crippen LogP contribution in [0.25, 0.3) is 0 Å². The summed E-state index contributed by atoms with van der Waals surface area (Å²) in [4.78, 5) is 25.0. The summed E-state index contributed by atoms with van der Waals surface area (Å²) in [5.41, 5.74) is 1.12. The number of unbranched alkanes of at least 4 members (excludes halogenated alkanes) is 6. The molecule has 0 bridgehead atoms. The maximum atomic E-state index is 12.5. The zero-order chi connectivity index (χ0) is 25.3. The first kappa shape index (κ1) is 28.2. The quantitative estimate of drug-likeness (QED) is 0.265. The first-order valence-corrected chi connectivity index (χ1v) is 13.1. The van der Waals surface area contributed by atoms with Crippen LogP contribution in [0.2, 0.25) is 0 Å². The Morgan fingerprint density at radius 1 is 0.686 bits per heavy atom. The Kier molecular flexibility index (Phi) is 13.4. The number of rotatable bonds is 17. The molecule has 2 amide bonds. The SMILES string of the molecule is CCCCCCOc1ccc(C(=O)NCC(C)NC(=O)c2ccc(OCCCCCC)cc2)cc1. The van der Waals surface area contributed by atoms with Crippen molar-refractivity contribution in [3.8, 4) is 11.5 Å². The van der Waals surface area contributed by atoms with Crippen molar-refractivity contribution in [3.63, 3.8) is 0 Å². The lowest BCUT2D eigenvalue weighted by molar-refractivity contribution is 0.0912. The van der Waals surface area contributed by atoms with E-state index in [9.17, 15) is 9.59 Å². The van der Waals surface area contributed by atoms with E-state index in [1.165, 1.54) is 38.5 Å². The van der Waals surface area contributed by atoms with Gasteiger partial charge in [-0.05, 0) is 68.3 Å². The molecule has 0 fully saturated rings. The van der Waals surface area contributed by atoms with E-state index < -0.39 is 0 Å². The summed E-state index contributed by atoms with van der Waals surface area (Å²) >= 11 is 0. The fourth-order valence-corrected chi connectivity index (χ4v) is 3.55. The first-order valence-electron chi connectivity index (χ1n) is 13.1. The molecule has 2 rings (SSSR count). The minimum Gasteiger partial charge on any atom is -0.494 e. The van der Waals surface area contributed by atoms with Crippen molar-refractivity contribution in [1.82, 2.24) is 10.6 Å². The summed E-state index contributed by atoms with van der Waals surface area (Å²) in [5.74, 6) is 1.18. The predicted molar refractivity (Wildman–Crippen MR) is 141 cm³/mol. The van der Waals surface area contributed by atoms with Crippen LogP contribution >= 0.6 is 0 Å². The molecule has 0 aliphatic heterocycles. The van der Waals surface area contributed by atoms with Crippen molar-refractivity contribution in [3.05, 3.63) is 59.7 Å². The Morgan fingerprint density at radius 3 is 1.60 bits per heavy atom. The lowest BCUT2D eigenvalue weighted by Gasteiger charge is -2.15. The Hall–Kier alpha value is -3.02. The molecule has 2 N–H and O–H groups in total. The second-order valence-corrected chi connectivity index (χ2v) is 8.95. The maximum Gasteiger partial charge on any atom is 0.251 e. The van der Waals surface area contributed by atoms with Crippen LogP contribution in [0.3, 0.4) is 0 Å². The van der Waals surface area contributed by atoms with Crippen molar-refractivity contribution >= 4 is 11.8 Å². The monoisotopic (exact) mass is 482 g/mol. The molecule has 35 heavy (non-hydrogen) atoms. The fourth-order valence-electron chi connectivity index (χ4n) is 3.55. The molecule has 6 heteroatoms. The van der Waals surface area contributed by atoms with Crippen molar-refractivity contribution in [2.75, 3.05) is 19.8 Å². The van der Waals surface area contributed by atoms with Gasteiger partial charge in [0.1, 0.15) is 11.5 Å². The minimum absolute atomic E-state index is 0.179. The van der Waals surface area contributed by atoms with Gasteiger partial charge in [0.25, 0.3) is 11.8 Å². The normalized spacial score (nSPS) is 11.5. The average molecular weight is 483 g/mol. The third-order valence-electron chi connectivity index (χ3n) is 5.71. The molecule has 0 saturated carbocycles. The van der Waals surface area contributed by atoms with E-state index in [1.54, 1.807) is 24.3 Å². The molecular weight excluding hydrogens is 440 g/mol. The lowest BCUT2D eigenvalue weighted by Crippen LogP contribution is -2.41. The van der Waals surface area contributed by atoms with Gasteiger partial charge in [0.2, 0.25) is 0 Å². The van der Waals surface area contributed by atoms with E-state index in [1.807, 2.05) is 31.2 Å². The molecular formula is C29H42N2O4. The van der Waals surface area contributed by atoms with E-state index >= 15 is 0 Å². The number of hydrogen-bond acceptors (Lipinski definition) is 4. The second kappa shape index (κ2) is 16.6. The second-order valence-electron chi connectivity index (χ2n) is 8.95. The van der Waals surface area contributed by atoms with Crippen molar-refractivity contribution < 1.29 is 19.1 Å². The fraction of sp³-hybridized carbons (Fsp3) is 0.517. The van der Waals surface area contributed by atoms with Gasteiger partial charge in [-0.2, -0.15) is 0 Å². The van der Waals surface area contributed by atoms with Crippen molar-refractivity contribution in [2.45, 2.75) is 78.2 Å². The molecule has 0 aromatic heterocycles. The van der Waals surface area contributed by atoms with Gasteiger partial charge in [-0.15, -0.1) is 0 Å². The highest BCUT2D eigenvalue weighted by Gasteiger charge is 2.12. The Labute approximate surface area is 210 Å². The molecule has 0 aliphatic rings. The van der Waals surface area contributed by atoms with Crippen LogP contribution in [0.4, 0.5) is 0 Å². The van der Waals surface area contributed by atoms with E-state index in [4.69, 9.17) is 9.47 Å². The van der Waals surface area contributed by atoms with Gasteiger partial charge in [0.15, 0.2) is 0 Å². The summed E-state index contributed by atoms with van der Waals surface area (Å²) in [5, 5.41) is 5.79. The molecule has 0 radical (unpaired) electrons. The molecule has 0 aliphatic carbocycles. The summed E-state index contributed by atoms with van der Waals surface area (Å²) < 4.78 is 11.5. The standard InChI is InChI=1S/C29H42N2O4/c1-4-6-8-10-20-34-26-16-12-24(13-17-26)28(32)30-22-23(3)31-29(33)25-14-18-27(19-15-25)35-21-11-9-7-5-2/h12-19,23H,4-11,20-22H2,1-3H3,(H,30,32)(H,31,33). The van der Waals surface area contributed by atoms with Crippen LogP contribution in [0.15, 0.2) is 48.5 Å². The van der Waals surface area contributed by atoms with Gasteiger partial charge in [-0.25, -0.2) is 0 Å². The maximum absolute atomic E-state index is 12.5. The van der Waals surface area contributed by atoms with Gasteiger partial charge in [-0.1, -0.05) is 52.4 Å². The van der Waals surface area contributed by atoms with E-state index in [2.05, 4.69) is 24.5 Å². The number of carbonyl (C=O) groups is 2.